The van der Waals surface area contributed by atoms with Gasteiger partial charge in [-0.2, -0.15) is 16.4 Å². The Labute approximate surface area is 186 Å². The summed E-state index contributed by atoms with van der Waals surface area (Å²) in [5.41, 5.74) is 6.29. The van der Waals surface area contributed by atoms with Crippen LogP contribution in [0.25, 0.3) is 0 Å². The molecular formula is C23H27N5O2S. The number of hydrogen-bond acceptors (Lipinski definition) is 5. The molecule has 0 aromatic carbocycles. The molecule has 0 saturated carbocycles. The monoisotopic (exact) mass is 437 g/mol. The van der Waals surface area contributed by atoms with Crippen LogP contribution in [0.15, 0.2) is 35.3 Å². The minimum Gasteiger partial charge on any atom is -0.352 e. The van der Waals surface area contributed by atoms with Crippen molar-refractivity contribution in [1.82, 2.24) is 25.0 Å². The summed E-state index contributed by atoms with van der Waals surface area (Å²) in [6.45, 7) is 6.22. The highest BCUT2D eigenvalue weighted by atomic mass is 32.1. The molecule has 0 aliphatic carbocycles. The van der Waals surface area contributed by atoms with Crippen LogP contribution in [-0.2, 0) is 42.1 Å². The molecule has 1 aliphatic heterocycles. The van der Waals surface area contributed by atoms with Crippen LogP contribution < -0.4 is 5.32 Å². The third-order valence-electron chi connectivity index (χ3n) is 5.68. The molecule has 7 nitrogen and oxygen atoms in total. The van der Waals surface area contributed by atoms with Crippen LogP contribution in [-0.4, -0.2) is 38.0 Å². The number of carbonyl (C=O) groups is 2. The molecule has 4 heterocycles. The summed E-state index contributed by atoms with van der Waals surface area (Å²) >= 11 is 1.60. The highest BCUT2D eigenvalue weighted by Crippen LogP contribution is 2.24. The third-order valence-corrected chi connectivity index (χ3v) is 6.42. The quantitative estimate of drug-likeness (QED) is 0.616. The number of nitrogens with one attached hydrogen (secondary N) is 1. The highest BCUT2D eigenvalue weighted by Gasteiger charge is 2.24. The summed E-state index contributed by atoms with van der Waals surface area (Å²) in [6.07, 6.45) is 5.38. The molecular weight excluding hydrogens is 410 g/mol. The van der Waals surface area contributed by atoms with Gasteiger partial charge < -0.3 is 10.2 Å². The van der Waals surface area contributed by atoms with E-state index in [9.17, 15) is 9.59 Å². The maximum absolute atomic E-state index is 12.7. The second-order valence-electron chi connectivity index (χ2n) is 7.95. The first kappa shape index (κ1) is 21.2. The predicted molar refractivity (Wildman–Crippen MR) is 120 cm³/mol. The molecule has 0 spiro atoms. The number of amides is 2. The molecule has 0 fully saturated rings. The number of pyridine rings is 1. The van der Waals surface area contributed by atoms with Crippen LogP contribution in [0.2, 0.25) is 0 Å². The molecule has 0 atom stereocenters. The van der Waals surface area contributed by atoms with Crippen molar-refractivity contribution in [2.45, 2.75) is 52.7 Å². The molecule has 1 aliphatic rings. The smallest absolute Gasteiger partial charge is 0.224 e. The number of carbonyl (C=O) groups excluding carboxylic acids is 2. The number of hydrogen-bond donors (Lipinski definition) is 1. The van der Waals surface area contributed by atoms with Gasteiger partial charge in [0.25, 0.3) is 0 Å². The minimum absolute atomic E-state index is 0.0110. The van der Waals surface area contributed by atoms with E-state index in [0.717, 1.165) is 34.5 Å². The first-order chi connectivity index (χ1) is 15.0. The van der Waals surface area contributed by atoms with Crippen LogP contribution in [0, 0.1) is 13.8 Å². The Morgan fingerprint density at radius 2 is 2.13 bits per heavy atom. The summed E-state index contributed by atoms with van der Waals surface area (Å²) in [5, 5.41) is 11.4. The molecule has 4 rings (SSSR count). The molecule has 0 bridgehead atoms. The molecule has 162 valence electrons. The Morgan fingerprint density at radius 3 is 2.87 bits per heavy atom. The van der Waals surface area contributed by atoms with Crippen LogP contribution in [0.1, 0.15) is 40.1 Å². The Kier molecular flexibility index (Phi) is 6.46. The molecule has 1 N–H and O–H groups in total. The van der Waals surface area contributed by atoms with Gasteiger partial charge in [-0.3, -0.25) is 19.3 Å². The van der Waals surface area contributed by atoms with E-state index in [4.69, 9.17) is 0 Å². The number of fused-ring (bicyclic) bond motifs is 1. The number of aryl methyl sites for hydroxylation is 3. The van der Waals surface area contributed by atoms with Crippen molar-refractivity contribution in [2.24, 2.45) is 0 Å². The fraction of sp³-hybridized carbons (Fsp3) is 0.391. The van der Waals surface area contributed by atoms with Crippen LogP contribution in [0.4, 0.5) is 0 Å². The lowest BCUT2D eigenvalue weighted by Gasteiger charge is -2.30. The van der Waals surface area contributed by atoms with Crippen molar-refractivity contribution in [3.05, 3.63) is 68.9 Å². The van der Waals surface area contributed by atoms with Gasteiger partial charge in [0, 0.05) is 50.7 Å². The first-order valence-corrected chi connectivity index (χ1v) is 11.5. The fourth-order valence-electron chi connectivity index (χ4n) is 3.95. The average molecular weight is 438 g/mol. The number of nitrogens with zero attached hydrogens (tertiary/aromatic N) is 4. The van der Waals surface area contributed by atoms with Crippen molar-refractivity contribution in [3.63, 3.8) is 0 Å². The van der Waals surface area contributed by atoms with Crippen molar-refractivity contribution < 1.29 is 9.59 Å². The van der Waals surface area contributed by atoms with Gasteiger partial charge in [-0.05, 0) is 65.4 Å². The van der Waals surface area contributed by atoms with Crippen molar-refractivity contribution >= 4 is 23.2 Å². The molecule has 0 saturated heterocycles. The van der Waals surface area contributed by atoms with E-state index in [2.05, 4.69) is 15.4 Å². The zero-order valence-corrected chi connectivity index (χ0v) is 18.7. The van der Waals surface area contributed by atoms with Gasteiger partial charge in [-0.1, -0.05) is 0 Å². The van der Waals surface area contributed by atoms with Crippen LogP contribution in [0.3, 0.4) is 0 Å². The second kappa shape index (κ2) is 9.43. The molecule has 3 aromatic heterocycles. The number of aromatic nitrogens is 3. The third kappa shape index (κ3) is 5.19. The highest BCUT2D eigenvalue weighted by molar-refractivity contribution is 7.08. The van der Waals surface area contributed by atoms with Gasteiger partial charge in [-0.15, -0.1) is 0 Å². The van der Waals surface area contributed by atoms with E-state index < -0.39 is 0 Å². The Morgan fingerprint density at radius 1 is 1.26 bits per heavy atom. The largest absolute Gasteiger partial charge is 0.352 e. The zero-order chi connectivity index (χ0) is 21.8. The standard InChI is InChI=1S/C23H27N5O2S/c1-16-3-8-28(26-16)9-5-23(30)27-7-4-20-19(14-27)12-24-17(2)21(20)13-25-22(29)11-18-6-10-31-15-18/h3,6,8,10,12,15H,4-5,7,9,11,13-14H2,1-2H3,(H,25,29). The minimum atomic E-state index is 0.0110. The summed E-state index contributed by atoms with van der Waals surface area (Å²) in [6, 6.07) is 3.91. The van der Waals surface area contributed by atoms with Gasteiger partial charge in [0.15, 0.2) is 0 Å². The van der Waals surface area contributed by atoms with Crippen LogP contribution >= 0.6 is 11.3 Å². The molecule has 8 heteroatoms. The summed E-state index contributed by atoms with van der Waals surface area (Å²) in [4.78, 5) is 31.5. The van der Waals surface area contributed by atoms with Gasteiger partial charge in [0.05, 0.1) is 12.1 Å². The van der Waals surface area contributed by atoms with E-state index in [1.807, 2.05) is 58.7 Å². The summed E-state index contributed by atoms with van der Waals surface area (Å²) in [5.74, 6) is 0.141. The van der Waals surface area contributed by atoms with Crippen molar-refractivity contribution in [3.8, 4) is 0 Å². The van der Waals surface area contributed by atoms with E-state index in [1.54, 1.807) is 11.3 Å². The number of rotatable bonds is 7. The second-order valence-corrected chi connectivity index (χ2v) is 8.73. The maximum Gasteiger partial charge on any atom is 0.224 e. The Hall–Kier alpha value is -3.00. The molecule has 0 unspecified atom stereocenters. The predicted octanol–water partition coefficient (Wildman–Crippen LogP) is 2.79. The first-order valence-electron chi connectivity index (χ1n) is 10.5. The number of thiophene rings is 1. The summed E-state index contributed by atoms with van der Waals surface area (Å²) < 4.78 is 1.81. The molecule has 2 amide bonds. The summed E-state index contributed by atoms with van der Waals surface area (Å²) in [7, 11) is 0. The lowest BCUT2D eigenvalue weighted by Crippen LogP contribution is -2.37. The molecule has 31 heavy (non-hydrogen) atoms. The SMILES string of the molecule is Cc1ccn(CCC(=O)N2CCc3c(cnc(C)c3CNC(=O)Cc3ccsc3)C2)n1. The van der Waals surface area contributed by atoms with E-state index in [0.29, 0.717) is 39.0 Å². The lowest BCUT2D eigenvalue weighted by atomic mass is 9.94. The lowest BCUT2D eigenvalue weighted by molar-refractivity contribution is -0.132. The zero-order valence-electron chi connectivity index (χ0n) is 17.9. The Bertz CT molecular complexity index is 1070. The van der Waals surface area contributed by atoms with Crippen LogP contribution in [0.5, 0.6) is 0 Å². The topological polar surface area (TPSA) is 80.1 Å². The van der Waals surface area contributed by atoms with Crippen molar-refractivity contribution in [1.29, 1.82) is 0 Å². The van der Waals surface area contributed by atoms with E-state index >= 15 is 0 Å². The average Bonchev–Trinajstić information content (AvgIpc) is 3.42. The molecule has 3 aromatic rings. The fourth-order valence-corrected chi connectivity index (χ4v) is 4.62. The van der Waals surface area contributed by atoms with E-state index in [1.165, 1.54) is 5.56 Å². The van der Waals surface area contributed by atoms with Gasteiger partial charge in [0.2, 0.25) is 11.8 Å². The Balaban J connectivity index is 1.37. The normalized spacial score (nSPS) is 13.2. The van der Waals surface area contributed by atoms with E-state index in [-0.39, 0.29) is 11.8 Å². The maximum atomic E-state index is 12.7. The van der Waals surface area contributed by atoms with Gasteiger partial charge in [-0.25, -0.2) is 0 Å². The van der Waals surface area contributed by atoms with Crippen molar-refractivity contribution in [2.75, 3.05) is 6.54 Å². The van der Waals surface area contributed by atoms with Gasteiger partial charge >= 0.3 is 0 Å². The van der Waals surface area contributed by atoms with Gasteiger partial charge in [0.1, 0.15) is 0 Å². The molecule has 0 radical (unpaired) electrons.